The lowest BCUT2D eigenvalue weighted by atomic mass is 10.00. The lowest BCUT2D eigenvalue weighted by Gasteiger charge is -2.29. The Hall–Kier alpha value is -2.70. The van der Waals surface area contributed by atoms with Gasteiger partial charge in [-0.3, -0.25) is 14.6 Å². The van der Waals surface area contributed by atoms with Gasteiger partial charge >= 0.3 is 0 Å². The van der Waals surface area contributed by atoms with E-state index in [0.29, 0.717) is 5.69 Å². The van der Waals surface area contributed by atoms with Crippen molar-refractivity contribution in [3.05, 3.63) is 89.7 Å². The lowest BCUT2D eigenvalue weighted by Crippen LogP contribution is -2.31. The van der Waals surface area contributed by atoms with Crippen molar-refractivity contribution in [1.29, 1.82) is 0 Å². The van der Waals surface area contributed by atoms with Gasteiger partial charge in [0.25, 0.3) is 10.0 Å². The summed E-state index contributed by atoms with van der Waals surface area (Å²) in [5, 5.41) is 0. The van der Waals surface area contributed by atoms with Crippen molar-refractivity contribution >= 4 is 15.7 Å². The minimum atomic E-state index is -3.61. The van der Waals surface area contributed by atoms with Crippen molar-refractivity contribution in [2.75, 3.05) is 11.3 Å². The Balaban J connectivity index is 1.54. The average molecular weight is 379 g/mol. The maximum atomic E-state index is 12.6. The predicted molar refractivity (Wildman–Crippen MR) is 106 cm³/mol. The minimum absolute atomic E-state index is 0.254. The van der Waals surface area contributed by atoms with Crippen molar-refractivity contribution in [2.24, 2.45) is 0 Å². The van der Waals surface area contributed by atoms with E-state index in [-0.39, 0.29) is 4.90 Å². The summed E-state index contributed by atoms with van der Waals surface area (Å²) < 4.78 is 28.0. The van der Waals surface area contributed by atoms with Gasteiger partial charge in [-0.25, -0.2) is 8.42 Å². The van der Waals surface area contributed by atoms with Crippen LogP contribution >= 0.6 is 0 Å². The Bertz CT molecular complexity index is 1020. The van der Waals surface area contributed by atoms with Crippen LogP contribution in [0.2, 0.25) is 0 Å². The topological polar surface area (TPSA) is 62.3 Å². The van der Waals surface area contributed by atoms with Crippen LogP contribution in [0.5, 0.6) is 0 Å². The quantitative estimate of drug-likeness (QED) is 0.738. The molecule has 27 heavy (non-hydrogen) atoms. The molecule has 0 amide bonds. The molecule has 0 saturated heterocycles. The molecule has 1 aromatic heterocycles. The molecule has 2 heterocycles. The zero-order valence-corrected chi connectivity index (χ0v) is 15.7. The summed E-state index contributed by atoms with van der Waals surface area (Å²) in [5.74, 6) is 0. The van der Waals surface area contributed by atoms with Crippen LogP contribution in [0.4, 0.5) is 5.69 Å². The maximum Gasteiger partial charge on any atom is 0.261 e. The molecule has 0 spiro atoms. The van der Waals surface area contributed by atoms with E-state index in [1.807, 2.05) is 24.4 Å². The van der Waals surface area contributed by atoms with E-state index in [2.05, 4.69) is 26.7 Å². The molecular weight excluding hydrogens is 358 g/mol. The van der Waals surface area contributed by atoms with E-state index >= 15 is 0 Å². The summed E-state index contributed by atoms with van der Waals surface area (Å²) in [5.41, 5.74) is 3.96. The standard InChI is InChI=1S/C21H21N3O2S/c25-27(26,19-9-5-2-6-10-19)23-21-14-22-13-18-16-24(12-11-20(18)21)15-17-7-3-1-4-8-17/h1-10,13-14,23H,11-12,15-16H2. The van der Waals surface area contributed by atoms with Crippen molar-refractivity contribution < 1.29 is 8.42 Å². The number of fused-ring (bicyclic) bond motifs is 1. The first kappa shape index (κ1) is 17.7. The average Bonchev–Trinajstić information content (AvgIpc) is 2.69. The van der Waals surface area contributed by atoms with Crippen molar-refractivity contribution in [3.63, 3.8) is 0 Å². The SMILES string of the molecule is O=S(=O)(Nc1cncc2c1CCN(Cc1ccccc1)C2)c1ccccc1. The smallest absolute Gasteiger partial charge is 0.261 e. The second-order valence-electron chi connectivity index (χ2n) is 6.69. The van der Waals surface area contributed by atoms with Crippen LogP contribution in [0, 0.1) is 0 Å². The van der Waals surface area contributed by atoms with Gasteiger partial charge < -0.3 is 0 Å². The van der Waals surface area contributed by atoms with E-state index in [1.54, 1.807) is 36.5 Å². The summed E-state index contributed by atoms with van der Waals surface area (Å²) in [6.45, 7) is 2.52. The molecule has 3 aromatic rings. The normalized spacial score (nSPS) is 14.5. The van der Waals surface area contributed by atoms with Gasteiger partial charge in [-0.15, -0.1) is 0 Å². The van der Waals surface area contributed by atoms with E-state index in [9.17, 15) is 8.42 Å². The summed E-state index contributed by atoms with van der Waals surface area (Å²) in [7, 11) is -3.61. The third kappa shape index (κ3) is 4.02. The zero-order chi connectivity index (χ0) is 18.7. The van der Waals surface area contributed by atoms with Crippen LogP contribution in [0.25, 0.3) is 0 Å². The molecule has 0 radical (unpaired) electrons. The third-order valence-electron chi connectivity index (χ3n) is 4.77. The van der Waals surface area contributed by atoms with Crippen LogP contribution in [0.3, 0.4) is 0 Å². The summed E-state index contributed by atoms with van der Waals surface area (Å²) >= 11 is 0. The molecule has 0 aliphatic carbocycles. The van der Waals surface area contributed by atoms with E-state index < -0.39 is 10.0 Å². The Morgan fingerprint density at radius 1 is 0.963 bits per heavy atom. The van der Waals surface area contributed by atoms with Gasteiger partial charge in [-0.2, -0.15) is 0 Å². The highest BCUT2D eigenvalue weighted by Gasteiger charge is 2.22. The fourth-order valence-corrected chi connectivity index (χ4v) is 4.52. The van der Waals surface area contributed by atoms with Gasteiger partial charge in [0, 0.05) is 25.8 Å². The first-order valence-corrected chi connectivity index (χ1v) is 10.4. The highest BCUT2D eigenvalue weighted by atomic mass is 32.2. The number of hydrogen-bond acceptors (Lipinski definition) is 4. The first-order valence-electron chi connectivity index (χ1n) is 8.92. The number of nitrogens with one attached hydrogen (secondary N) is 1. The fraction of sp³-hybridized carbons (Fsp3) is 0.190. The molecule has 1 aliphatic rings. The molecule has 1 aliphatic heterocycles. The largest absolute Gasteiger partial charge is 0.294 e. The number of aromatic nitrogens is 1. The van der Waals surface area contributed by atoms with Crippen molar-refractivity contribution in [1.82, 2.24) is 9.88 Å². The predicted octanol–water partition coefficient (Wildman–Crippen LogP) is 3.44. The van der Waals surface area contributed by atoms with Gasteiger partial charge in [-0.05, 0) is 35.2 Å². The number of hydrogen-bond donors (Lipinski definition) is 1. The molecule has 1 N–H and O–H groups in total. The Kier molecular flexibility index (Phi) is 4.92. The number of rotatable bonds is 5. The lowest BCUT2D eigenvalue weighted by molar-refractivity contribution is 0.245. The summed E-state index contributed by atoms with van der Waals surface area (Å²) in [6.07, 6.45) is 4.23. The molecule has 0 bridgehead atoms. The van der Waals surface area contributed by atoms with Crippen LogP contribution in [-0.4, -0.2) is 24.8 Å². The Labute approximate surface area is 159 Å². The molecular formula is C21H21N3O2S. The van der Waals surface area contributed by atoms with Gasteiger partial charge in [0.05, 0.1) is 16.8 Å². The number of nitrogens with zero attached hydrogens (tertiary/aromatic N) is 2. The van der Waals surface area contributed by atoms with Gasteiger partial charge in [0.2, 0.25) is 0 Å². The van der Waals surface area contributed by atoms with Gasteiger partial charge in [-0.1, -0.05) is 48.5 Å². The molecule has 0 fully saturated rings. The van der Waals surface area contributed by atoms with Gasteiger partial charge in [0.1, 0.15) is 0 Å². The number of pyridine rings is 1. The van der Waals surface area contributed by atoms with Crippen molar-refractivity contribution in [3.8, 4) is 0 Å². The third-order valence-corrected chi connectivity index (χ3v) is 6.15. The number of anilines is 1. The molecule has 0 unspecified atom stereocenters. The Morgan fingerprint density at radius 2 is 1.67 bits per heavy atom. The summed E-state index contributed by atoms with van der Waals surface area (Å²) in [4.78, 5) is 6.87. The van der Waals surface area contributed by atoms with Crippen LogP contribution in [0.1, 0.15) is 16.7 Å². The van der Waals surface area contributed by atoms with Crippen LogP contribution < -0.4 is 4.72 Å². The maximum absolute atomic E-state index is 12.6. The number of benzene rings is 2. The van der Waals surface area contributed by atoms with Gasteiger partial charge in [0.15, 0.2) is 0 Å². The first-order chi connectivity index (χ1) is 13.1. The zero-order valence-electron chi connectivity index (χ0n) is 14.9. The molecule has 0 atom stereocenters. The number of sulfonamides is 1. The molecule has 0 saturated carbocycles. The summed E-state index contributed by atoms with van der Waals surface area (Å²) in [6, 6.07) is 18.8. The second-order valence-corrected chi connectivity index (χ2v) is 8.37. The highest BCUT2D eigenvalue weighted by Crippen LogP contribution is 2.27. The fourth-order valence-electron chi connectivity index (χ4n) is 3.42. The molecule has 2 aromatic carbocycles. The van der Waals surface area contributed by atoms with Crippen LogP contribution in [0.15, 0.2) is 78.0 Å². The minimum Gasteiger partial charge on any atom is -0.294 e. The monoisotopic (exact) mass is 379 g/mol. The van der Waals surface area contributed by atoms with E-state index in [0.717, 1.165) is 37.2 Å². The molecule has 138 valence electrons. The van der Waals surface area contributed by atoms with E-state index in [1.165, 1.54) is 5.56 Å². The second kappa shape index (κ2) is 7.50. The Morgan fingerprint density at radius 3 is 2.41 bits per heavy atom. The molecule has 6 heteroatoms. The van der Waals surface area contributed by atoms with Crippen LogP contribution in [-0.2, 0) is 29.5 Å². The highest BCUT2D eigenvalue weighted by molar-refractivity contribution is 7.92. The van der Waals surface area contributed by atoms with E-state index in [4.69, 9.17) is 0 Å². The molecule has 5 nitrogen and oxygen atoms in total. The van der Waals surface area contributed by atoms with Crippen molar-refractivity contribution in [2.45, 2.75) is 24.4 Å². The molecule has 4 rings (SSSR count).